The Bertz CT molecular complexity index is 1700. The number of aromatic nitrogens is 2. The van der Waals surface area contributed by atoms with Crippen LogP contribution in [0.4, 0.5) is 4.39 Å². The van der Waals surface area contributed by atoms with Crippen LogP contribution in [-0.4, -0.2) is 67.5 Å². The summed E-state index contributed by atoms with van der Waals surface area (Å²) in [6.45, 7) is 11.6. The molecule has 5 rings (SSSR count). The standard InChI is InChI=1S/C39H49FN4O4/c1-6-8-16-42(17-9-7-2)39(47)36-18-27(5)44(41-36)37-15-14-29(31-19-32(40)23-34(21-31)48-26(3)4)22-35(37)38(46)43-24-30-13-11-10-12-28(30)20-33(43)25-45/h10-15,18-19,21-23,26,33,38,45-46H,6-9,16-17,20,24-25H2,1-5H3/t33-,38?/m0/s1. The van der Waals surface area contributed by atoms with E-state index in [1.54, 1.807) is 16.8 Å². The normalized spacial score (nSPS) is 15.4. The zero-order valence-electron chi connectivity index (χ0n) is 28.8. The molecule has 0 fully saturated rings. The molecule has 256 valence electrons. The summed E-state index contributed by atoms with van der Waals surface area (Å²) < 4.78 is 22.4. The third-order valence-corrected chi connectivity index (χ3v) is 8.99. The molecule has 1 aliphatic heterocycles. The Kier molecular flexibility index (Phi) is 11.7. The highest BCUT2D eigenvalue weighted by atomic mass is 19.1. The third kappa shape index (κ3) is 7.97. The van der Waals surface area contributed by atoms with Gasteiger partial charge in [0.05, 0.1) is 18.4 Å². The fraction of sp³-hybridized carbons (Fsp3) is 0.436. The van der Waals surface area contributed by atoms with Crippen molar-refractivity contribution in [3.05, 3.63) is 101 Å². The second-order valence-electron chi connectivity index (χ2n) is 13.1. The van der Waals surface area contributed by atoms with Gasteiger partial charge in [-0.05, 0) is 92.6 Å². The van der Waals surface area contributed by atoms with Gasteiger partial charge in [0.15, 0.2) is 5.69 Å². The lowest BCUT2D eigenvalue weighted by atomic mass is 9.92. The van der Waals surface area contributed by atoms with Gasteiger partial charge < -0.3 is 19.8 Å². The van der Waals surface area contributed by atoms with E-state index in [1.165, 1.54) is 12.1 Å². The molecule has 1 aliphatic rings. The maximum Gasteiger partial charge on any atom is 0.274 e. The molecular formula is C39H49FN4O4. The maximum absolute atomic E-state index is 14.8. The minimum absolute atomic E-state index is 0.108. The molecule has 4 aromatic rings. The predicted molar refractivity (Wildman–Crippen MR) is 187 cm³/mol. The second-order valence-corrected chi connectivity index (χ2v) is 13.1. The number of hydrogen-bond donors (Lipinski definition) is 2. The molecule has 3 aromatic carbocycles. The van der Waals surface area contributed by atoms with E-state index in [0.29, 0.717) is 59.9 Å². The topological polar surface area (TPSA) is 91.1 Å². The summed E-state index contributed by atoms with van der Waals surface area (Å²) in [7, 11) is 0. The molecule has 1 amide bonds. The number of halogens is 1. The molecule has 2 heterocycles. The Morgan fingerprint density at radius 2 is 1.71 bits per heavy atom. The lowest BCUT2D eigenvalue weighted by Crippen LogP contribution is -2.45. The van der Waals surface area contributed by atoms with Gasteiger partial charge in [-0.1, -0.05) is 57.0 Å². The molecule has 0 spiro atoms. The first kappa shape index (κ1) is 35.3. The number of unbranched alkanes of at least 4 members (excludes halogenated alkanes) is 2. The molecule has 9 heteroatoms. The van der Waals surface area contributed by atoms with Crippen molar-refractivity contribution in [2.45, 2.75) is 91.6 Å². The van der Waals surface area contributed by atoms with Crippen molar-refractivity contribution >= 4 is 5.91 Å². The first-order chi connectivity index (χ1) is 23.1. The third-order valence-electron chi connectivity index (χ3n) is 8.99. The number of aliphatic hydroxyl groups is 2. The van der Waals surface area contributed by atoms with Crippen LogP contribution in [0.2, 0.25) is 0 Å². The Balaban J connectivity index is 1.60. The number of aryl methyl sites for hydroxylation is 1. The Morgan fingerprint density at radius 3 is 2.38 bits per heavy atom. The van der Waals surface area contributed by atoms with E-state index in [4.69, 9.17) is 9.84 Å². The van der Waals surface area contributed by atoms with Gasteiger partial charge in [-0.25, -0.2) is 9.07 Å². The second kappa shape index (κ2) is 15.9. The van der Waals surface area contributed by atoms with Crippen LogP contribution in [-0.2, 0) is 13.0 Å². The van der Waals surface area contributed by atoms with Crippen LogP contribution >= 0.6 is 0 Å². The van der Waals surface area contributed by atoms with Crippen molar-refractivity contribution in [3.63, 3.8) is 0 Å². The van der Waals surface area contributed by atoms with Crippen molar-refractivity contribution < 1.29 is 24.1 Å². The van der Waals surface area contributed by atoms with E-state index in [-0.39, 0.29) is 24.7 Å². The monoisotopic (exact) mass is 656 g/mol. The predicted octanol–water partition coefficient (Wildman–Crippen LogP) is 7.23. The summed E-state index contributed by atoms with van der Waals surface area (Å²) in [5.74, 6) is -0.118. The van der Waals surface area contributed by atoms with Crippen molar-refractivity contribution in [2.24, 2.45) is 0 Å². The van der Waals surface area contributed by atoms with Gasteiger partial charge >= 0.3 is 0 Å². The van der Waals surface area contributed by atoms with Crippen LogP contribution in [0.25, 0.3) is 16.8 Å². The molecular weight excluding hydrogens is 607 g/mol. The number of fused-ring (bicyclic) bond motifs is 1. The molecule has 8 nitrogen and oxygen atoms in total. The lowest BCUT2D eigenvalue weighted by molar-refractivity contribution is -0.0529. The Labute approximate surface area is 283 Å². The number of carbonyl (C=O) groups is 1. The molecule has 0 saturated heterocycles. The van der Waals surface area contributed by atoms with Crippen molar-refractivity contribution in [2.75, 3.05) is 19.7 Å². The van der Waals surface area contributed by atoms with Gasteiger partial charge in [0.25, 0.3) is 5.91 Å². The number of ether oxygens (including phenoxy) is 1. The molecule has 48 heavy (non-hydrogen) atoms. The molecule has 2 atom stereocenters. The lowest BCUT2D eigenvalue weighted by Gasteiger charge is -2.39. The Morgan fingerprint density at radius 1 is 1.00 bits per heavy atom. The molecule has 0 bridgehead atoms. The van der Waals surface area contributed by atoms with Crippen molar-refractivity contribution in [1.29, 1.82) is 0 Å². The summed E-state index contributed by atoms with van der Waals surface area (Å²) in [4.78, 5) is 17.5. The van der Waals surface area contributed by atoms with Gasteiger partial charge in [0.1, 0.15) is 17.8 Å². The summed E-state index contributed by atoms with van der Waals surface area (Å²) in [6, 6.07) is 19.7. The first-order valence-electron chi connectivity index (χ1n) is 17.2. The van der Waals surface area contributed by atoms with Crippen LogP contribution in [0.1, 0.15) is 92.5 Å². The fourth-order valence-electron chi connectivity index (χ4n) is 6.44. The van der Waals surface area contributed by atoms with E-state index >= 15 is 0 Å². The van der Waals surface area contributed by atoms with Crippen LogP contribution in [0.5, 0.6) is 5.75 Å². The molecule has 0 aliphatic carbocycles. The maximum atomic E-state index is 14.8. The first-order valence-corrected chi connectivity index (χ1v) is 17.2. The van der Waals surface area contributed by atoms with Gasteiger partial charge in [-0.15, -0.1) is 0 Å². The Hall–Kier alpha value is -4.05. The van der Waals surface area contributed by atoms with Gasteiger partial charge in [0, 0.05) is 43.0 Å². The van der Waals surface area contributed by atoms with Crippen LogP contribution in [0.3, 0.4) is 0 Å². The van der Waals surface area contributed by atoms with E-state index in [9.17, 15) is 19.4 Å². The highest BCUT2D eigenvalue weighted by Gasteiger charge is 2.33. The molecule has 0 radical (unpaired) electrons. The van der Waals surface area contributed by atoms with E-state index in [2.05, 4.69) is 19.9 Å². The van der Waals surface area contributed by atoms with Crippen LogP contribution < -0.4 is 4.74 Å². The summed E-state index contributed by atoms with van der Waals surface area (Å²) >= 11 is 0. The average molecular weight is 657 g/mol. The van der Waals surface area contributed by atoms with E-state index in [1.807, 2.05) is 67.0 Å². The van der Waals surface area contributed by atoms with Gasteiger partial charge in [-0.3, -0.25) is 9.69 Å². The van der Waals surface area contributed by atoms with E-state index < -0.39 is 12.0 Å². The molecule has 1 unspecified atom stereocenters. The zero-order chi connectivity index (χ0) is 34.4. The molecule has 2 N–H and O–H groups in total. The number of carbonyl (C=O) groups excluding carboxylic acids is 1. The quantitative estimate of drug-likeness (QED) is 0.149. The van der Waals surface area contributed by atoms with Gasteiger partial charge in [-0.2, -0.15) is 5.10 Å². The highest BCUT2D eigenvalue weighted by molar-refractivity contribution is 5.92. The largest absolute Gasteiger partial charge is 0.491 e. The fourth-order valence-corrected chi connectivity index (χ4v) is 6.44. The van der Waals surface area contributed by atoms with Gasteiger partial charge in [0.2, 0.25) is 0 Å². The minimum Gasteiger partial charge on any atom is -0.491 e. The van der Waals surface area contributed by atoms with Crippen molar-refractivity contribution in [3.8, 4) is 22.6 Å². The summed E-state index contributed by atoms with van der Waals surface area (Å²) in [5, 5.41) is 27.5. The average Bonchev–Trinajstić information content (AvgIpc) is 3.47. The van der Waals surface area contributed by atoms with E-state index in [0.717, 1.165) is 42.5 Å². The number of hydrogen-bond acceptors (Lipinski definition) is 6. The number of amides is 1. The number of benzene rings is 3. The zero-order valence-corrected chi connectivity index (χ0v) is 28.8. The number of nitrogens with zero attached hydrogens (tertiary/aromatic N) is 4. The van der Waals surface area contributed by atoms with Crippen LogP contribution in [0.15, 0.2) is 66.7 Å². The smallest absolute Gasteiger partial charge is 0.274 e. The summed E-state index contributed by atoms with van der Waals surface area (Å²) in [5.41, 5.74) is 5.74. The minimum atomic E-state index is -1.14. The number of rotatable bonds is 14. The molecule has 0 saturated carbocycles. The number of aliphatic hydroxyl groups excluding tert-OH is 2. The molecule has 1 aromatic heterocycles. The van der Waals surface area contributed by atoms with Crippen molar-refractivity contribution in [1.82, 2.24) is 19.6 Å². The SMILES string of the molecule is CCCCN(CCCC)C(=O)c1cc(C)n(-c2ccc(-c3cc(F)cc(OC(C)C)c3)cc2C(O)N2Cc3ccccc3C[C@H]2CO)n1. The summed E-state index contributed by atoms with van der Waals surface area (Å²) in [6.07, 6.45) is 3.13. The highest BCUT2D eigenvalue weighted by Crippen LogP contribution is 2.36. The van der Waals surface area contributed by atoms with Crippen LogP contribution in [0, 0.1) is 12.7 Å².